The third-order valence-corrected chi connectivity index (χ3v) is 1.33. The third kappa shape index (κ3) is 2.34. The van der Waals surface area contributed by atoms with Crippen LogP contribution in [0.15, 0.2) is 12.4 Å². The van der Waals surface area contributed by atoms with E-state index in [9.17, 15) is 4.79 Å². The Morgan fingerprint density at radius 2 is 2.50 bits per heavy atom. The summed E-state index contributed by atoms with van der Waals surface area (Å²) < 4.78 is 5.91. The molecule has 5 nitrogen and oxygen atoms in total. The van der Waals surface area contributed by atoms with Crippen LogP contribution in [0.4, 0.5) is 4.79 Å². The van der Waals surface area contributed by atoms with Crippen LogP contribution in [-0.4, -0.2) is 27.7 Å². The van der Waals surface area contributed by atoms with E-state index in [1.807, 2.05) is 6.92 Å². The summed E-state index contributed by atoms with van der Waals surface area (Å²) in [5.41, 5.74) is 0. The molecule has 1 heterocycles. The van der Waals surface area contributed by atoms with Crippen molar-refractivity contribution in [1.29, 1.82) is 0 Å². The Kier molecular flexibility index (Phi) is 3.25. The average molecular weight is 169 g/mol. The van der Waals surface area contributed by atoms with Crippen molar-refractivity contribution in [1.82, 2.24) is 15.0 Å². The third-order valence-electron chi connectivity index (χ3n) is 1.33. The van der Waals surface area contributed by atoms with Gasteiger partial charge in [-0.05, 0) is 6.42 Å². The fourth-order valence-electron chi connectivity index (χ4n) is 0.676. The summed E-state index contributed by atoms with van der Waals surface area (Å²) in [6.07, 6.45) is 4.29. The molecule has 0 aliphatic rings. The van der Waals surface area contributed by atoms with Gasteiger partial charge in [0.15, 0.2) is 0 Å². The molecule has 1 rings (SSSR count). The summed E-state index contributed by atoms with van der Waals surface area (Å²) >= 11 is 0. The molecule has 0 radical (unpaired) electrons. The maximum Gasteiger partial charge on any atom is 0.436 e. The Labute approximate surface area is 70.3 Å². The van der Waals surface area contributed by atoms with E-state index in [4.69, 9.17) is 4.74 Å². The molecule has 0 atom stereocenters. The summed E-state index contributed by atoms with van der Waals surface area (Å²) in [6, 6.07) is 0. The van der Waals surface area contributed by atoms with Gasteiger partial charge in [0.25, 0.3) is 0 Å². The Hall–Kier alpha value is -1.39. The lowest BCUT2D eigenvalue weighted by molar-refractivity contribution is 0.142. The van der Waals surface area contributed by atoms with Gasteiger partial charge in [0.2, 0.25) is 0 Å². The molecular weight excluding hydrogens is 158 g/mol. The van der Waals surface area contributed by atoms with Crippen molar-refractivity contribution >= 4 is 6.09 Å². The van der Waals surface area contributed by atoms with E-state index in [-0.39, 0.29) is 0 Å². The van der Waals surface area contributed by atoms with Crippen molar-refractivity contribution in [3.05, 3.63) is 12.4 Å². The van der Waals surface area contributed by atoms with Crippen LogP contribution in [0.2, 0.25) is 0 Å². The predicted octanol–water partition coefficient (Wildman–Crippen LogP) is 1.06. The minimum Gasteiger partial charge on any atom is -0.448 e. The summed E-state index contributed by atoms with van der Waals surface area (Å²) in [5.74, 6) is 0. The Bertz CT molecular complexity index is 233. The molecule has 0 aliphatic carbocycles. The second kappa shape index (κ2) is 4.48. The summed E-state index contributed by atoms with van der Waals surface area (Å²) in [6.45, 7) is 2.47. The normalized spacial score (nSPS) is 9.75. The Morgan fingerprint density at radius 3 is 3.08 bits per heavy atom. The van der Waals surface area contributed by atoms with Gasteiger partial charge in [0.1, 0.15) is 0 Å². The topological polar surface area (TPSA) is 57.0 Å². The molecule has 66 valence electrons. The van der Waals surface area contributed by atoms with Gasteiger partial charge < -0.3 is 4.74 Å². The molecule has 0 amide bonds. The molecule has 0 N–H and O–H groups in total. The molecule has 0 spiro atoms. The van der Waals surface area contributed by atoms with Gasteiger partial charge in [0, 0.05) is 0 Å². The number of carbonyl (C=O) groups is 1. The van der Waals surface area contributed by atoms with E-state index >= 15 is 0 Å². The van der Waals surface area contributed by atoms with Crippen LogP contribution in [0, 0.1) is 0 Å². The zero-order valence-electron chi connectivity index (χ0n) is 6.93. The van der Waals surface area contributed by atoms with Crippen molar-refractivity contribution < 1.29 is 9.53 Å². The van der Waals surface area contributed by atoms with Gasteiger partial charge in [-0.2, -0.15) is 4.68 Å². The second-order valence-corrected chi connectivity index (χ2v) is 2.32. The molecule has 1 aromatic rings. The first-order valence-electron chi connectivity index (χ1n) is 3.88. The highest BCUT2D eigenvalue weighted by Gasteiger charge is 2.04. The van der Waals surface area contributed by atoms with Crippen molar-refractivity contribution in [3.63, 3.8) is 0 Å². The lowest BCUT2D eigenvalue weighted by Gasteiger charge is -2.00. The molecule has 0 saturated heterocycles. The number of ether oxygens (including phenoxy) is 1. The van der Waals surface area contributed by atoms with Gasteiger partial charge in [0.05, 0.1) is 19.0 Å². The largest absolute Gasteiger partial charge is 0.448 e. The zero-order chi connectivity index (χ0) is 8.81. The number of aromatic nitrogens is 3. The van der Waals surface area contributed by atoms with Crippen LogP contribution in [0.5, 0.6) is 0 Å². The van der Waals surface area contributed by atoms with Gasteiger partial charge in [-0.25, -0.2) is 4.79 Å². The van der Waals surface area contributed by atoms with E-state index < -0.39 is 6.09 Å². The zero-order valence-corrected chi connectivity index (χ0v) is 6.93. The minimum atomic E-state index is -0.471. The summed E-state index contributed by atoms with van der Waals surface area (Å²) in [5, 5.41) is 6.97. The molecule has 0 aliphatic heterocycles. The quantitative estimate of drug-likeness (QED) is 0.635. The molecule has 0 saturated carbocycles. The molecule has 0 fully saturated rings. The maximum absolute atomic E-state index is 11.0. The van der Waals surface area contributed by atoms with Gasteiger partial charge in [-0.1, -0.05) is 18.6 Å². The van der Waals surface area contributed by atoms with E-state index in [0.29, 0.717) is 6.61 Å². The minimum absolute atomic E-state index is 0.440. The standard InChI is InChI=1S/C7H11N3O2/c1-2-3-6-12-7(11)10-5-4-8-9-10/h4-5H,2-3,6H2,1H3. The number of hydrogen-bond acceptors (Lipinski definition) is 4. The first-order chi connectivity index (χ1) is 5.84. The van der Waals surface area contributed by atoms with E-state index in [1.165, 1.54) is 12.4 Å². The molecule has 12 heavy (non-hydrogen) atoms. The first-order valence-corrected chi connectivity index (χ1v) is 3.88. The number of hydrogen-bond donors (Lipinski definition) is 0. The van der Waals surface area contributed by atoms with Crippen molar-refractivity contribution in [2.75, 3.05) is 6.61 Å². The SMILES string of the molecule is CCCCOC(=O)n1ccnn1. The van der Waals surface area contributed by atoms with Crippen LogP contribution in [0.3, 0.4) is 0 Å². The monoisotopic (exact) mass is 169 g/mol. The van der Waals surface area contributed by atoms with Crippen LogP contribution in [0.1, 0.15) is 19.8 Å². The van der Waals surface area contributed by atoms with Crippen molar-refractivity contribution in [3.8, 4) is 0 Å². The smallest absolute Gasteiger partial charge is 0.436 e. The number of carbonyl (C=O) groups excluding carboxylic acids is 1. The lowest BCUT2D eigenvalue weighted by Crippen LogP contribution is -2.14. The number of unbranched alkanes of at least 4 members (excludes halogenated alkanes) is 1. The highest BCUT2D eigenvalue weighted by molar-refractivity contribution is 5.68. The number of nitrogens with zero attached hydrogens (tertiary/aromatic N) is 3. The maximum atomic E-state index is 11.0. The van der Waals surface area contributed by atoms with Crippen molar-refractivity contribution in [2.24, 2.45) is 0 Å². The Balaban J connectivity index is 2.30. The molecule has 0 unspecified atom stereocenters. The van der Waals surface area contributed by atoms with Gasteiger partial charge in [-0.3, -0.25) is 0 Å². The van der Waals surface area contributed by atoms with E-state index in [1.54, 1.807) is 0 Å². The van der Waals surface area contributed by atoms with Crippen LogP contribution < -0.4 is 0 Å². The fourth-order valence-corrected chi connectivity index (χ4v) is 0.676. The lowest BCUT2D eigenvalue weighted by atomic mass is 10.4. The highest BCUT2D eigenvalue weighted by atomic mass is 16.6. The molecular formula is C7H11N3O2. The van der Waals surface area contributed by atoms with Gasteiger partial charge >= 0.3 is 6.09 Å². The number of rotatable bonds is 3. The first kappa shape index (κ1) is 8.70. The summed E-state index contributed by atoms with van der Waals surface area (Å²) in [4.78, 5) is 11.0. The highest BCUT2D eigenvalue weighted by Crippen LogP contribution is 1.91. The van der Waals surface area contributed by atoms with Crippen LogP contribution in [-0.2, 0) is 4.74 Å². The van der Waals surface area contributed by atoms with Gasteiger partial charge in [-0.15, -0.1) is 5.10 Å². The molecule has 1 aromatic heterocycles. The van der Waals surface area contributed by atoms with E-state index in [0.717, 1.165) is 17.5 Å². The molecule has 0 aromatic carbocycles. The van der Waals surface area contributed by atoms with Crippen LogP contribution >= 0.6 is 0 Å². The predicted molar refractivity (Wildman–Crippen MR) is 41.7 cm³/mol. The second-order valence-electron chi connectivity index (χ2n) is 2.32. The van der Waals surface area contributed by atoms with E-state index in [2.05, 4.69) is 10.3 Å². The van der Waals surface area contributed by atoms with Crippen molar-refractivity contribution in [2.45, 2.75) is 19.8 Å². The van der Waals surface area contributed by atoms with Crippen LogP contribution in [0.25, 0.3) is 0 Å². The average Bonchev–Trinajstić information content (AvgIpc) is 2.56. The fraction of sp³-hybridized carbons (Fsp3) is 0.571. The molecule has 0 bridgehead atoms. The summed E-state index contributed by atoms with van der Waals surface area (Å²) in [7, 11) is 0. The molecule has 5 heteroatoms. The Morgan fingerprint density at radius 1 is 1.67 bits per heavy atom.